The maximum absolute atomic E-state index is 2.42. The molecule has 0 fully saturated rings. The molecule has 0 heteroatoms. The van der Waals surface area contributed by atoms with Gasteiger partial charge in [0.1, 0.15) is 0 Å². The van der Waals surface area contributed by atoms with E-state index in [4.69, 9.17) is 0 Å². The molecule has 25 heavy (non-hydrogen) atoms. The molecule has 0 heterocycles. The van der Waals surface area contributed by atoms with E-state index in [0.717, 1.165) is 0 Å². The number of hydrogen-bond acceptors (Lipinski definition) is 0. The molecule has 0 aliphatic heterocycles. The lowest BCUT2D eigenvalue weighted by Gasteiger charge is -2.26. The lowest BCUT2D eigenvalue weighted by molar-refractivity contribution is 0.577. The van der Waals surface area contributed by atoms with Crippen molar-refractivity contribution < 1.29 is 0 Å². The Balaban J connectivity index is 2.59. The molecule has 136 valence electrons. The maximum Gasteiger partial charge on any atom is -0.0129 e. The molecule has 0 N–H and O–H groups in total. The normalized spacial score (nSPS) is 12.5. The van der Waals surface area contributed by atoms with E-state index >= 15 is 0 Å². The molecule has 2 aromatic rings. The van der Waals surface area contributed by atoms with Gasteiger partial charge in [0.05, 0.1) is 0 Å². The molecule has 0 aliphatic carbocycles. The summed E-state index contributed by atoms with van der Waals surface area (Å²) >= 11 is 0. The molecule has 0 nitrogen and oxygen atoms in total. The van der Waals surface area contributed by atoms with Crippen LogP contribution >= 0.6 is 0 Å². The second kappa shape index (κ2) is 7.36. The number of benzene rings is 2. The lowest BCUT2D eigenvalue weighted by Crippen LogP contribution is -2.15. The molecular weight excluding hydrogens is 300 g/mol. The van der Waals surface area contributed by atoms with Gasteiger partial charge in [0.25, 0.3) is 0 Å². The van der Waals surface area contributed by atoms with Crippen molar-refractivity contribution in [2.75, 3.05) is 0 Å². The summed E-state index contributed by atoms with van der Waals surface area (Å²) in [5.74, 6) is 1.66. The first-order chi connectivity index (χ1) is 11.5. The predicted octanol–water partition coefficient (Wildman–Crippen LogP) is 8.02. The highest BCUT2D eigenvalue weighted by atomic mass is 14.2. The van der Waals surface area contributed by atoms with Gasteiger partial charge in [-0.1, -0.05) is 98.7 Å². The number of rotatable bonds is 4. The Morgan fingerprint density at radius 3 is 1.44 bits per heavy atom. The first-order valence-corrected chi connectivity index (χ1v) is 9.81. The monoisotopic (exact) mass is 336 g/mol. The van der Waals surface area contributed by atoms with Gasteiger partial charge in [-0.25, -0.2) is 0 Å². The largest absolute Gasteiger partial charge is 0.0587 e. The lowest BCUT2D eigenvalue weighted by atomic mass is 9.79. The average molecular weight is 337 g/mol. The van der Waals surface area contributed by atoms with Crippen LogP contribution in [0.3, 0.4) is 0 Å². The van der Waals surface area contributed by atoms with Crippen molar-refractivity contribution in [1.82, 2.24) is 0 Å². The minimum atomic E-state index is 0.183. The summed E-state index contributed by atoms with van der Waals surface area (Å²) in [6.07, 6.45) is 0. The second-order valence-electron chi connectivity index (χ2n) is 9.36. The molecule has 0 unspecified atom stereocenters. The van der Waals surface area contributed by atoms with Gasteiger partial charge < -0.3 is 0 Å². The molecule has 0 atom stereocenters. The van der Waals surface area contributed by atoms with Gasteiger partial charge in [-0.15, -0.1) is 0 Å². The molecule has 0 bridgehead atoms. The van der Waals surface area contributed by atoms with E-state index < -0.39 is 0 Å². The van der Waals surface area contributed by atoms with Crippen LogP contribution in [-0.4, -0.2) is 0 Å². The first kappa shape index (κ1) is 19.8. The fourth-order valence-corrected chi connectivity index (χ4v) is 3.68. The molecule has 0 aromatic heterocycles. The summed E-state index contributed by atoms with van der Waals surface area (Å²) < 4.78 is 0. The third kappa shape index (κ3) is 4.35. The van der Waals surface area contributed by atoms with Gasteiger partial charge in [-0.05, 0) is 56.5 Å². The molecule has 0 saturated carbocycles. The molecule has 2 rings (SSSR count). The summed E-state index contributed by atoms with van der Waals surface area (Å²) in [6, 6.07) is 14.1. The highest BCUT2D eigenvalue weighted by Crippen LogP contribution is 2.36. The van der Waals surface area contributed by atoms with Gasteiger partial charge in [0, 0.05) is 0 Å². The highest BCUT2D eigenvalue weighted by Gasteiger charge is 2.20. The first-order valence-electron chi connectivity index (χ1n) is 9.81. The quantitative estimate of drug-likeness (QED) is 0.530. The minimum Gasteiger partial charge on any atom is -0.0587 e. The fraction of sp³-hybridized carbons (Fsp3) is 0.520. The molecule has 0 radical (unpaired) electrons. The van der Waals surface area contributed by atoms with Gasteiger partial charge >= 0.3 is 0 Å². The van der Waals surface area contributed by atoms with E-state index in [-0.39, 0.29) is 5.41 Å². The van der Waals surface area contributed by atoms with Crippen molar-refractivity contribution >= 4 is 0 Å². The maximum atomic E-state index is 2.42. The fourth-order valence-electron chi connectivity index (χ4n) is 3.68. The third-order valence-electron chi connectivity index (χ3n) is 5.15. The summed E-state index contributed by atoms with van der Waals surface area (Å²) in [5, 5.41) is 0. The van der Waals surface area contributed by atoms with Gasteiger partial charge in [0.2, 0.25) is 0 Å². The second-order valence-corrected chi connectivity index (χ2v) is 9.36. The SMILES string of the molecule is CC(C)c1ccc(-c2ccc(C(C)(C)C)c(C(C)C)c2)cc1C(C)C. The molecule has 0 aliphatic rings. The zero-order chi connectivity index (χ0) is 18.9. The molecule has 0 saturated heterocycles. The summed E-state index contributed by atoms with van der Waals surface area (Å²) in [5.41, 5.74) is 8.78. The van der Waals surface area contributed by atoms with Crippen LogP contribution < -0.4 is 0 Å². The minimum absolute atomic E-state index is 0.183. The van der Waals surface area contributed by atoms with Crippen LogP contribution in [-0.2, 0) is 5.41 Å². The van der Waals surface area contributed by atoms with E-state index in [9.17, 15) is 0 Å². The van der Waals surface area contributed by atoms with Crippen LogP contribution in [0.5, 0.6) is 0 Å². The van der Waals surface area contributed by atoms with Gasteiger partial charge in [-0.3, -0.25) is 0 Å². The molecule has 2 aromatic carbocycles. The summed E-state index contributed by atoms with van der Waals surface area (Å²) in [4.78, 5) is 0. The smallest absolute Gasteiger partial charge is 0.0129 e. The summed E-state index contributed by atoms with van der Waals surface area (Å²) in [6.45, 7) is 20.7. The highest BCUT2D eigenvalue weighted by molar-refractivity contribution is 5.67. The third-order valence-corrected chi connectivity index (χ3v) is 5.15. The van der Waals surface area contributed by atoms with Crippen molar-refractivity contribution in [3.8, 4) is 11.1 Å². The Morgan fingerprint density at radius 2 is 1.00 bits per heavy atom. The van der Waals surface area contributed by atoms with Crippen molar-refractivity contribution in [2.24, 2.45) is 0 Å². The van der Waals surface area contributed by atoms with Crippen LogP contribution in [0.4, 0.5) is 0 Å². The molecular formula is C25H36. The van der Waals surface area contributed by atoms with Gasteiger partial charge in [-0.2, -0.15) is 0 Å². The van der Waals surface area contributed by atoms with Gasteiger partial charge in [0.15, 0.2) is 0 Å². The molecule has 0 spiro atoms. The van der Waals surface area contributed by atoms with Crippen molar-refractivity contribution in [3.63, 3.8) is 0 Å². The standard InChI is InChI=1S/C25H36/c1-16(2)21-12-10-19(14-22(21)17(3)4)20-11-13-24(25(7,8)9)23(15-20)18(5)6/h10-18H,1-9H3. The Labute approximate surface area is 155 Å². The van der Waals surface area contributed by atoms with Crippen LogP contribution in [0.25, 0.3) is 11.1 Å². The zero-order valence-corrected chi connectivity index (χ0v) is 17.7. The van der Waals surface area contributed by atoms with Crippen LogP contribution in [0.15, 0.2) is 36.4 Å². The Bertz CT molecular complexity index is 724. The number of hydrogen-bond donors (Lipinski definition) is 0. The van der Waals surface area contributed by atoms with Crippen molar-refractivity contribution in [3.05, 3.63) is 58.7 Å². The van der Waals surface area contributed by atoms with E-state index in [1.54, 1.807) is 0 Å². The van der Waals surface area contributed by atoms with E-state index in [0.29, 0.717) is 17.8 Å². The van der Waals surface area contributed by atoms with Crippen LogP contribution in [0.1, 0.15) is 102 Å². The Kier molecular flexibility index (Phi) is 5.82. The predicted molar refractivity (Wildman–Crippen MR) is 113 cm³/mol. The van der Waals surface area contributed by atoms with E-state index in [1.807, 2.05) is 0 Å². The van der Waals surface area contributed by atoms with Crippen molar-refractivity contribution in [2.45, 2.75) is 85.5 Å². The summed E-state index contributed by atoms with van der Waals surface area (Å²) in [7, 11) is 0. The topological polar surface area (TPSA) is 0 Å². The van der Waals surface area contributed by atoms with Crippen molar-refractivity contribution in [1.29, 1.82) is 0 Å². The average Bonchev–Trinajstić information content (AvgIpc) is 2.52. The van der Waals surface area contributed by atoms with E-state index in [1.165, 1.54) is 33.4 Å². The van der Waals surface area contributed by atoms with Crippen LogP contribution in [0.2, 0.25) is 0 Å². The zero-order valence-electron chi connectivity index (χ0n) is 17.7. The Hall–Kier alpha value is -1.56. The van der Waals surface area contributed by atoms with E-state index in [2.05, 4.69) is 98.7 Å². The Morgan fingerprint density at radius 1 is 0.560 bits per heavy atom. The van der Waals surface area contributed by atoms with Crippen LogP contribution in [0, 0.1) is 0 Å². The molecule has 0 amide bonds.